The van der Waals surface area contributed by atoms with Crippen molar-refractivity contribution in [2.45, 2.75) is 25.2 Å². The molecule has 80 valence electrons. The molecule has 14 heavy (non-hydrogen) atoms. The molecule has 5 nitrogen and oxygen atoms in total. The molecular formula is C9H15NO4. The van der Waals surface area contributed by atoms with Gasteiger partial charge in [-0.3, -0.25) is 10.1 Å². The highest BCUT2D eigenvalue weighted by Crippen LogP contribution is 2.29. The van der Waals surface area contributed by atoms with Gasteiger partial charge in [-0.1, -0.05) is 0 Å². The van der Waals surface area contributed by atoms with E-state index < -0.39 is 5.79 Å². The van der Waals surface area contributed by atoms with Crippen molar-refractivity contribution < 1.29 is 19.0 Å². The van der Waals surface area contributed by atoms with E-state index in [0.29, 0.717) is 32.8 Å². The first-order valence-corrected chi connectivity index (χ1v) is 4.94. The van der Waals surface area contributed by atoms with Crippen LogP contribution in [0.5, 0.6) is 0 Å². The quantitative estimate of drug-likeness (QED) is 0.619. The summed E-state index contributed by atoms with van der Waals surface area (Å²) in [6, 6.07) is -0.284. The molecule has 0 saturated carbocycles. The SMILES string of the molecule is CCOC(=O)[C@H]1CC2(CN1)OCCO2. The molecular weight excluding hydrogens is 186 g/mol. The monoisotopic (exact) mass is 201 g/mol. The van der Waals surface area contributed by atoms with Gasteiger partial charge >= 0.3 is 5.97 Å². The maximum absolute atomic E-state index is 11.4. The predicted molar refractivity (Wildman–Crippen MR) is 47.7 cm³/mol. The Bertz CT molecular complexity index is 225. The van der Waals surface area contributed by atoms with Crippen molar-refractivity contribution in [3.05, 3.63) is 0 Å². The van der Waals surface area contributed by atoms with Crippen molar-refractivity contribution in [1.29, 1.82) is 0 Å². The van der Waals surface area contributed by atoms with Gasteiger partial charge in [-0.25, -0.2) is 0 Å². The zero-order valence-electron chi connectivity index (χ0n) is 8.25. The number of esters is 1. The van der Waals surface area contributed by atoms with Crippen LogP contribution in [0.4, 0.5) is 0 Å². The molecule has 1 spiro atoms. The Labute approximate surface area is 82.7 Å². The molecule has 0 bridgehead atoms. The Hall–Kier alpha value is -0.650. The number of nitrogens with one attached hydrogen (secondary N) is 1. The highest BCUT2D eigenvalue weighted by molar-refractivity contribution is 5.76. The van der Waals surface area contributed by atoms with E-state index >= 15 is 0 Å². The van der Waals surface area contributed by atoms with Gasteiger partial charge in [0.25, 0.3) is 0 Å². The van der Waals surface area contributed by atoms with Gasteiger partial charge in [-0.05, 0) is 6.92 Å². The number of carbonyl (C=O) groups is 1. The molecule has 2 rings (SSSR count). The molecule has 0 aromatic rings. The van der Waals surface area contributed by atoms with Gasteiger partial charge in [-0.2, -0.15) is 0 Å². The van der Waals surface area contributed by atoms with Gasteiger partial charge < -0.3 is 14.2 Å². The number of ether oxygens (including phenoxy) is 3. The highest BCUT2D eigenvalue weighted by Gasteiger charge is 2.46. The lowest BCUT2D eigenvalue weighted by Gasteiger charge is -2.19. The van der Waals surface area contributed by atoms with E-state index in [2.05, 4.69) is 5.32 Å². The third-order valence-corrected chi connectivity index (χ3v) is 2.52. The van der Waals surface area contributed by atoms with Crippen LogP contribution in [0.25, 0.3) is 0 Å². The van der Waals surface area contributed by atoms with Crippen LogP contribution in [0.1, 0.15) is 13.3 Å². The summed E-state index contributed by atoms with van der Waals surface area (Å²) in [5.74, 6) is -0.791. The van der Waals surface area contributed by atoms with Gasteiger partial charge in [0.05, 0.1) is 26.4 Å². The van der Waals surface area contributed by atoms with E-state index in [1.807, 2.05) is 0 Å². The molecule has 5 heteroatoms. The molecule has 0 aromatic heterocycles. The van der Waals surface area contributed by atoms with Gasteiger partial charge in [0, 0.05) is 6.42 Å². The minimum absolute atomic E-state index is 0.219. The van der Waals surface area contributed by atoms with Crippen LogP contribution in [0.15, 0.2) is 0 Å². The third-order valence-electron chi connectivity index (χ3n) is 2.52. The number of carbonyl (C=O) groups excluding carboxylic acids is 1. The van der Waals surface area contributed by atoms with E-state index in [0.717, 1.165) is 0 Å². The summed E-state index contributed by atoms with van der Waals surface area (Å²) in [7, 11) is 0. The third kappa shape index (κ3) is 1.75. The van der Waals surface area contributed by atoms with Crippen molar-refractivity contribution in [1.82, 2.24) is 5.32 Å². The number of hydrogen-bond acceptors (Lipinski definition) is 5. The molecule has 0 radical (unpaired) electrons. The Kier molecular flexibility index (Phi) is 2.71. The van der Waals surface area contributed by atoms with Crippen LogP contribution < -0.4 is 5.32 Å². The van der Waals surface area contributed by atoms with E-state index in [9.17, 15) is 4.79 Å². The molecule has 0 amide bonds. The first-order chi connectivity index (χ1) is 6.76. The minimum atomic E-state index is -0.572. The van der Waals surface area contributed by atoms with Crippen LogP contribution >= 0.6 is 0 Å². The normalized spacial score (nSPS) is 29.6. The summed E-state index contributed by atoms with van der Waals surface area (Å²) in [5.41, 5.74) is 0. The lowest BCUT2D eigenvalue weighted by molar-refractivity contribution is -0.153. The van der Waals surface area contributed by atoms with E-state index in [1.54, 1.807) is 6.92 Å². The summed E-state index contributed by atoms with van der Waals surface area (Å²) in [4.78, 5) is 11.4. The van der Waals surface area contributed by atoms with Crippen LogP contribution in [0.2, 0.25) is 0 Å². The number of hydrogen-bond donors (Lipinski definition) is 1. The molecule has 1 atom stereocenters. The Balaban J connectivity index is 1.90. The molecule has 0 aromatic carbocycles. The summed E-state index contributed by atoms with van der Waals surface area (Å²) in [6.07, 6.45) is 0.547. The van der Waals surface area contributed by atoms with Gasteiger partial charge in [-0.15, -0.1) is 0 Å². The van der Waals surface area contributed by atoms with Crippen molar-refractivity contribution in [2.24, 2.45) is 0 Å². The number of rotatable bonds is 2. The second-order valence-corrected chi connectivity index (χ2v) is 3.50. The lowest BCUT2D eigenvalue weighted by atomic mass is 10.1. The van der Waals surface area contributed by atoms with E-state index in [4.69, 9.17) is 14.2 Å². The summed E-state index contributed by atoms with van der Waals surface area (Å²) >= 11 is 0. The van der Waals surface area contributed by atoms with Gasteiger partial charge in [0.2, 0.25) is 0 Å². The van der Waals surface area contributed by atoms with Crippen LogP contribution in [0, 0.1) is 0 Å². The Morgan fingerprint density at radius 3 is 2.93 bits per heavy atom. The molecule has 2 saturated heterocycles. The van der Waals surface area contributed by atoms with E-state index in [-0.39, 0.29) is 12.0 Å². The second kappa shape index (κ2) is 3.84. The maximum Gasteiger partial charge on any atom is 0.323 e. The highest BCUT2D eigenvalue weighted by atomic mass is 16.7. The van der Waals surface area contributed by atoms with Crippen LogP contribution in [0.3, 0.4) is 0 Å². The molecule has 2 aliphatic rings. The topological polar surface area (TPSA) is 56.8 Å². The lowest BCUT2D eigenvalue weighted by Crippen LogP contribution is -2.32. The molecule has 2 aliphatic heterocycles. The van der Waals surface area contributed by atoms with Crippen molar-refractivity contribution in [3.63, 3.8) is 0 Å². The average molecular weight is 201 g/mol. The van der Waals surface area contributed by atoms with Crippen molar-refractivity contribution in [3.8, 4) is 0 Å². The molecule has 1 N–H and O–H groups in total. The Morgan fingerprint density at radius 2 is 2.29 bits per heavy atom. The molecule has 0 aliphatic carbocycles. The largest absolute Gasteiger partial charge is 0.465 e. The summed E-state index contributed by atoms with van der Waals surface area (Å²) in [5, 5.41) is 3.05. The molecule has 2 fully saturated rings. The zero-order chi connectivity index (χ0) is 10.0. The van der Waals surface area contributed by atoms with Gasteiger partial charge in [0.15, 0.2) is 5.79 Å². The first-order valence-electron chi connectivity index (χ1n) is 4.94. The van der Waals surface area contributed by atoms with Crippen molar-refractivity contribution in [2.75, 3.05) is 26.4 Å². The minimum Gasteiger partial charge on any atom is -0.465 e. The van der Waals surface area contributed by atoms with E-state index in [1.165, 1.54) is 0 Å². The van der Waals surface area contributed by atoms with Crippen LogP contribution in [-0.4, -0.2) is 44.2 Å². The fraction of sp³-hybridized carbons (Fsp3) is 0.889. The van der Waals surface area contributed by atoms with Crippen molar-refractivity contribution >= 4 is 5.97 Å². The van der Waals surface area contributed by atoms with Gasteiger partial charge in [0.1, 0.15) is 6.04 Å². The standard InChI is InChI=1S/C9H15NO4/c1-2-12-8(11)7-5-9(6-10-7)13-3-4-14-9/h7,10H,2-6H2,1H3/t7-/m1/s1. The predicted octanol–water partition coefficient (Wildman–Crippen LogP) is -0.345. The molecule has 2 heterocycles. The maximum atomic E-state index is 11.4. The fourth-order valence-corrected chi connectivity index (χ4v) is 1.86. The molecule has 0 unspecified atom stereocenters. The summed E-state index contributed by atoms with van der Waals surface area (Å²) in [6.45, 7) is 3.99. The Morgan fingerprint density at radius 1 is 1.57 bits per heavy atom. The zero-order valence-corrected chi connectivity index (χ0v) is 8.25. The fourth-order valence-electron chi connectivity index (χ4n) is 1.86. The second-order valence-electron chi connectivity index (χ2n) is 3.50. The first kappa shape index (κ1) is 9.89. The average Bonchev–Trinajstić information content (AvgIpc) is 2.78. The van der Waals surface area contributed by atoms with Crippen LogP contribution in [-0.2, 0) is 19.0 Å². The smallest absolute Gasteiger partial charge is 0.323 e. The summed E-state index contributed by atoms with van der Waals surface area (Å²) < 4.78 is 15.9.